The number of hydrogen-bond donors (Lipinski definition) is 0. The summed E-state index contributed by atoms with van der Waals surface area (Å²) in [5, 5.41) is 0. The van der Waals surface area contributed by atoms with Crippen LogP contribution in [0.1, 0.15) is 43.2 Å². The van der Waals surface area contributed by atoms with Gasteiger partial charge in [0, 0.05) is 45.7 Å². The molecule has 2 heterocycles. The third-order valence-corrected chi connectivity index (χ3v) is 6.86. The molecule has 156 valence electrons. The molecular weight excluding hydrogens is 366 g/mol. The average Bonchev–Trinajstić information content (AvgIpc) is 2.99. The van der Waals surface area contributed by atoms with Crippen molar-refractivity contribution in [3.05, 3.63) is 35.4 Å². The minimum Gasteiger partial charge on any atom is -0.340 e. The minimum atomic E-state index is -0.128. The largest absolute Gasteiger partial charge is 0.340 e. The maximum Gasteiger partial charge on any atom is 0.233 e. The summed E-state index contributed by atoms with van der Waals surface area (Å²) in [6, 6.07) is 8.42. The zero-order valence-electron chi connectivity index (χ0n) is 17.3. The second-order valence-electron chi connectivity index (χ2n) is 8.66. The molecule has 0 N–H and O–H groups in total. The van der Waals surface area contributed by atoms with Gasteiger partial charge in [-0.15, -0.1) is 0 Å². The first-order chi connectivity index (χ1) is 14.0. The predicted molar refractivity (Wildman–Crippen MR) is 110 cm³/mol. The second-order valence-corrected chi connectivity index (χ2v) is 8.66. The van der Waals surface area contributed by atoms with Crippen LogP contribution in [0.3, 0.4) is 0 Å². The number of likely N-dealkylation sites (tertiary alicyclic amines) is 1. The summed E-state index contributed by atoms with van der Waals surface area (Å²) in [6.07, 6.45) is 3.94. The van der Waals surface area contributed by atoms with Crippen molar-refractivity contribution in [3.63, 3.8) is 0 Å². The summed E-state index contributed by atoms with van der Waals surface area (Å²) >= 11 is 0. The molecule has 2 saturated heterocycles. The van der Waals surface area contributed by atoms with E-state index < -0.39 is 0 Å². The highest BCUT2D eigenvalue weighted by atomic mass is 16.2. The van der Waals surface area contributed by atoms with Crippen LogP contribution in [0.2, 0.25) is 0 Å². The van der Waals surface area contributed by atoms with Crippen molar-refractivity contribution in [1.29, 1.82) is 0 Å². The maximum absolute atomic E-state index is 12.7. The highest BCUT2D eigenvalue weighted by Crippen LogP contribution is 2.38. The van der Waals surface area contributed by atoms with E-state index in [0.29, 0.717) is 13.1 Å². The van der Waals surface area contributed by atoms with Crippen LogP contribution in [0.5, 0.6) is 0 Å². The van der Waals surface area contributed by atoms with E-state index in [1.165, 1.54) is 16.0 Å². The average molecular weight is 398 g/mol. The van der Waals surface area contributed by atoms with Gasteiger partial charge in [0.25, 0.3) is 0 Å². The molecule has 3 aliphatic rings. The predicted octanol–water partition coefficient (Wildman–Crippen LogP) is 2.20. The molecule has 6 heteroatoms. The number of imide groups is 1. The molecule has 1 aromatic rings. The van der Waals surface area contributed by atoms with Gasteiger partial charge in [-0.2, -0.15) is 0 Å². The number of nitrogens with zero attached hydrogens (tertiary/aromatic N) is 3. The van der Waals surface area contributed by atoms with Crippen molar-refractivity contribution in [2.24, 2.45) is 11.8 Å². The molecule has 0 spiro atoms. The number of hydrogen-bond acceptors (Lipinski definition) is 4. The molecule has 0 aromatic heterocycles. The lowest BCUT2D eigenvalue weighted by Gasteiger charge is -2.35. The van der Waals surface area contributed by atoms with E-state index in [0.717, 1.165) is 45.3 Å². The molecule has 2 atom stereocenters. The quantitative estimate of drug-likeness (QED) is 0.715. The topological polar surface area (TPSA) is 60.9 Å². The number of benzene rings is 1. The normalized spacial score (nSPS) is 25.4. The summed E-state index contributed by atoms with van der Waals surface area (Å²) in [5.74, 6) is -0.296. The van der Waals surface area contributed by atoms with Crippen molar-refractivity contribution < 1.29 is 14.4 Å². The summed E-state index contributed by atoms with van der Waals surface area (Å²) in [6.45, 7) is 6.40. The lowest BCUT2D eigenvalue weighted by Crippen LogP contribution is -2.49. The first-order valence-corrected chi connectivity index (χ1v) is 10.9. The first kappa shape index (κ1) is 20.1. The number of carbonyl (C=O) groups excluding carboxylic acids is 3. The smallest absolute Gasteiger partial charge is 0.233 e. The third-order valence-electron chi connectivity index (χ3n) is 6.86. The molecule has 2 aliphatic heterocycles. The molecule has 29 heavy (non-hydrogen) atoms. The van der Waals surface area contributed by atoms with Crippen molar-refractivity contribution >= 4 is 17.7 Å². The molecule has 4 rings (SSSR count). The Kier molecular flexibility index (Phi) is 5.99. The van der Waals surface area contributed by atoms with Crippen LogP contribution in [-0.4, -0.2) is 65.1 Å². The monoisotopic (exact) mass is 397 g/mol. The Balaban J connectivity index is 1.25. The highest BCUT2D eigenvalue weighted by molar-refractivity contribution is 6.05. The summed E-state index contributed by atoms with van der Waals surface area (Å²) in [4.78, 5) is 43.4. The molecule has 0 bridgehead atoms. The van der Waals surface area contributed by atoms with Crippen LogP contribution in [0.4, 0.5) is 0 Å². The molecular formula is C23H31N3O3. The fraction of sp³-hybridized carbons (Fsp3) is 0.609. The Bertz CT molecular complexity index is 761. The lowest BCUT2D eigenvalue weighted by atomic mass is 9.81. The third kappa shape index (κ3) is 4.22. The summed E-state index contributed by atoms with van der Waals surface area (Å²) < 4.78 is 0. The van der Waals surface area contributed by atoms with Gasteiger partial charge >= 0.3 is 0 Å². The van der Waals surface area contributed by atoms with Gasteiger partial charge in [0.1, 0.15) is 0 Å². The second kappa shape index (κ2) is 8.66. The summed E-state index contributed by atoms with van der Waals surface area (Å²) in [7, 11) is 0. The van der Waals surface area contributed by atoms with E-state index in [-0.39, 0.29) is 42.5 Å². The molecule has 6 nitrogen and oxygen atoms in total. The van der Waals surface area contributed by atoms with Crippen LogP contribution in [0.15, 0.2) is 24.3 Å². The first-order valence-electron chi connectivity index (χ1n) is 10.9. The number of amides is 3. The Morgan fingerprint density at radius 3 is 2.21 bits per heavy atom. The van der Waals surface area contributed by atoms with Gasteiger partial charge in [0.2, 0.25) is 17.7 Å². The molecule has 1 aromatic carbocycles. The maximum atomic E-state index is 12.7. The zero-order valence-corrected chi connectivity index (χ0v) is 17.3. The Hall–Kier alpha value is -2.21. The molecule has 3 amide bonds. The van der Waals surface area contributed by atoms with Crippen molar-refractivity contribution in [2.75, 3.05) is 32.7 Å². The fourth-order valence-electron chi connectivity index (χ4n) is 5.00. The van der Waals surface area contributed by atoms with E-state index in [4.69, 9.17) is 0 Å². The van der Waals surface area contributed by atoms with Crippen LogP contribution in [-0.2, 0) is 20.9 Å². The van der Waals surface area contributed by atoms with E-state index in [1.54, 1.807) is 0 Å². The van der Waals surface area contributed by atoms with E-state index >= 15 is 0 Å². The Labute approximate surface area is 172 Å². The molecule has 1 aliphatic carbocycles. The van der Waals surface area contributed by atoms with Crippen LogP contribution >= 0.6 is 0 Å². The van der Waals surface area contributed by atoms with Crippen molar-refractivity contribution in [1.82, 2.24) is 14.7 Å². The number of fused-ring (bicyclic) bond motifs is 1. The molecule has 0 unspecified atom stereocenters. The molecule has 3 fully saturated rings. The Morgan fingerprint density at radius 2 is 1.59 bits per heavy atom. The van der Waals surface area contributed by atoms with Gasteiger partial charge in [-0.3, -0.25) is 24.2 Å². The van der Waals surface area contributed by atoms with Gasteiger partial charge in [0.05, 0.1) is 11.8 Å². The standard InChI is InChI=1S/C23H31N3O3/c1-17-6-2-3-7-18(17)16-24-12-14-25(15-13-24)21(27)10-11-26-22(28)19-8-4-5-9-20(19)23(26)29/h2-3,6-7,19-20H,4-5,8-16H2,1H3/t19-,20+. The highest BCUT2D eigenvalue weighted by Gasteiger charge is 2.47. The van der Waals surface area contributed by atoms with Crippen molar-refractivity contribution in [3.8, 4) is 0 Å². The van der Waals surface area contributed by atoms with Gasteiger partial charge in [0.15, 0.2) is 0 Å². The van der Waals surface area contributed by atoms with Crippen LogP contribution in [0, 0.1) is 18.8 Å². The number of rotatable bonds is 5. The number of aryl methyl sites for hydroxylation is 1. The van der Waals surface area contributed by atoms with E-state index in [9.17, 15) is 14.4 Å². The number of carbonyl (C=O) groups is 3. The molecule has 0 radical (unpaired) electrons. The van der Waals surface area contributed by atoms with Gasteiger partial charge in [-0.25, -0.2) is 0 Å². The fourth-order valence-corrected chi connectivity index (χ4v) is 5.00. The lowest BCUT2D eigenvalue weighted by molar-refractivity contribution is -0.141. The SMILES string of the molecule is Cc1ccccc1CN1CCN(C(=O)CCN2C(=O)[C@H]3CCCC[C@H]3C2=O)CC1. The summed E-state index contributed by atoms with van der Waals surface area (Å²) in [5.41, 5.74) is 2.63. The van der Waals surface area contributed by atoms with Crippen molar-refractivity contribution in [2.45, 2.75) is 45.6 Å². The minimum absolute atomic E-state index is 0.0458. The van der Waals surface area contributed by atoms with Gasteiger partial charge < -0.3 is 4.90 Å². The van der Waals surface area contributed by atoms with Gasteiger partial charge in [-0.1, -0.05) is 37.1 Å². The van der Waals surface area contributed by atoms with E-state index in [1.807, 2.05) is 4.90 Å². The van der Waals surface area contributed by atoms with Gasteiger partial charge in [-0.05, 0) is 30.9 Å². The molecule has 1 saturated carbocycles. The van der Waals surface area contributed by atoms with Crippen LogP contribution in [0.25, 0.3) is 0 Å². The van der Waals surface area contributed by atoms with Crippen LogP contribution < -0.4 is 0 Å². The number of piperazine rings is 1. The Morgan fingerprint density at radius 1 is 0.966 bits per heavy atom. The zero-order chi connectivity index (χ0) is 20.4. The van der Waals surface area contributed by atoms with E-state index in [2.05, 4.69) is 36.1 Å².